The molecule has 0 saturated heterocycles. The van der Waals surface area contributed by atoms with Gasteiger partial charge >= 0.3 is 0 Å². The van der Waals surface area contributed by atoms with Gasteiger partial charge in [0.1, 0.15) is 0 Å². The Balaban J connectivity index is 1.43. The van der Waals surface area contributed by atoms with Crippen LogP contribution >= 0.6 is 0 Å². The molecule has 0 spiro atoms. The minimum Gasteiger partial charge on any atom is -0.264 e. The Morgan fingerprint density at radius 3 is 1.57 bits per heavy atom. The fourth-order valence-electron chi connectivity index (χ4n) is 8.09. The molecule has 44 heavy (non-hydrogen) atoms. The van der Waals surface area contributed by atoms with E-state index in [1.54, 1.807) is 0 Å². The van der Waals surface area contributed by atoms with E-state index < -0.39 is 5.41 Å². The van der Waals surface area contributed by atoms with Crippen molar-refractivity contribution in [1.82, 2.24) is 4.98 Å². The molecule has 1 heteroatoms. The number of hydrogen-bond donors (Lipinski definition) is 0. The van der Waals surface area contributed by atoms with E-state index in [1.807, 2.05) is 18.5 Å². The lowest BCUT2D eigenvalue weighted by Gasteiger charge is -2.37. The molecule has 0 atom stereocenters. The molecule has 208 valence electrons. The molecule has 0 bridgehead atoms. The van der Waals surface area contributed by atoms with Gasteiger partial charge in [0.25, 0.3) is 0 Å². The van der Waals surface area contributed by atoms with Crippen LogP contribution in [-0.4, -0.2) is 4.98 Å². The average Bonchev–Trinajstić information content (AvgIpc) is 3.51. The predicted octanol–water partition coefficient (Wildman–Crippen LogP) is 10.6. The summed E-state index contributed by atoms with van der Waals surface area (Å²) in [6, 6.07) is 51.9. The molecule has 2 aliphatic rings. The molecule has 0 fully saturated rings. The number of hydrogen-bond acceptors (Lipinski definition) is 1. The SMILES string of the molecule is CC1(C)c2cc(-c3cccnc3)cc3c2-c2c1cc(-c1ccc4ccccc4c1)cc2C3(c1ccccc1)c1ccccc1. The summed E-state index contributed by atoms with van der Waals surface area (Å²) in [5, 5.41) is 2.54. The smallest absolute Gasteiger partial charge is 0.0714 e. The van der Waals surface area contributed by atoms with Gasteiger partial charge in [-0.15, -0.1) is 0 Å². The number of benzene rings is 6. The second-order valence-corrected chi connectivity index (χ2v) is 12.8. The zero-order chi connectivity index (χ0) is 29.5. The van der Waals surface area contributed by atoms with Gasteiger partial charge in [-0.2, -0.15) is 0 Å². The predicted molar refractivity (Wildman–Crippen MR) is 182 cm³/mol. The standard InChI is InChI=1S/C43H31N/c1-42(2)36-23-32(30-20-19-28-12-9-10-13-29(28)22-30)25-38-40(36)41-37(42)24-33(31-14-11-21-44-27-31)26-39(41)43(38,34-15-5-3-6-16-34)35-17-7-4-8-18-35/h3-27H,1-2H3. The van der Waals surface area contributed by atoms with Gasteiger partial charge in [-0.05, 0) is 108 Å². The maximum atomic E-state index is 4.50. The highest BCUT2D eigenvalue weighted by molar-refractivity contribution is 5.99. The van der Waals surface area contributed by atoms with Crippen LogP contribution in [0.1, 0.15) is 47.2 Å². The fourth-order valence-corrected chi connectivity index (χ4v) is 8.09. The molecule has 0 N–H and O–H groups in total. The fraction of sp³-hybridized carbons (Fsp3) is 0.0930. The first-order valence-electron chi connectivity index (χ1n) is 15.5. The largest absolute Gasteiger partial charge is 0.264 e. The van der Waals surface area contributed by atoms with Gasteiger partial charge in [-0.3, -0.25) is 4.98 Å². The number of pyridine rings is 1. The van der Waals surface area contributed by atoms with Crippen molar-refractivity contribution in [3.05, 3.63) is 185 Å². The summed E-state index contributed by atoms with van der Waals surface area (Å²) >= 11 is 0. The first-order chi connectivity index (χ1) is 21.6. The highest BCUT2D eigenvalue weighted by Gasteiger charge is 2.53. The van der Waals surface area contributed by atoms with Gasteiger partial charge in [0.2, 0.25) is 0 Å². The second-order valence-electron chi connectivity index (χ2n) is 12.8. The zero-order valence-electron chi connectivity index (χ0n) is 24.9. The first-order valence-corrected chi connectivity index (χ1v) is 15.5. The van der Waals surface area contributed by atoms with Crippen LogP contribution in [0.3, 0.4) is 0 Å². The van der Waals surface area contributed by atoms with Crippen LogP contribution in [0.25, 0.3) is 44.2 Å². The monoisotopic (exact) mass is 561 g/mol. The van der Waals surface area contributed by atoms with Gasteiger partial charge < -0.3 is 0 Å². The van der Waals surface area contributed by atoms with Crippen molar-refractivity contribution in [3.8, 4) is 33.4 Å². The van der Waals surface area contributed by atoms with Crippen molar-refractivity contribution in [2.75, 3.05) is 0 Å². The highest BCUT2D eigenvalue weighted by Crippen LogP contribution is 2.65. The van der Waals surface area contributed by atoms with Crippen LogP contribution in [0.15, 0.2) is 152 Å². The molecule has 7 aromatic rings. The van der Waals surface area contributed by atoms with E-state index in [2.05, 4.69) is 152 Å². The van der Waals surface area contributed by atoms with Crippen LogP contribution in [0.2, 0.25) is 0 Å². The molecule has 1 nitrogen and oxygen atoms in total. The lowest BCUT2D eigenvalue weighted by molar-refractivity contribution is 0.652. The van der Waals surface area contributed by atoms with Crippen LogP contribution in [0.5, 0.6) is 0 Å². The topological polar surface area (TPSA) is 12.9 Å². The van der Waals surface area contributed by atoms with E-state index in [9.17, 15) is 0 Å². The summed E-state index contributed by atoms with van der Waals surface area (Å²) in [6.07, 6.45) is 3.85. The van der Waals surface area contributed by atoms with E-state index in [0.29, 0.717) is 0 Å². The van der Waals surface area contributed by atoms with Crippen LogP contribution in [0.4, 0.5) is 0 Å². The van der Waals surface area contributed by atoms with E-state index in [4.69, 9.17) is 0 Å². The molecule has 0 amide bonds. The first kappa shape index (κ1) is 25.2. The summed E-state index contributed by atoms with van der Waals surface area (Å²) in [5.74, 6) is 0. The quantitative estimate of drug-likeness (QED) is 0.208. The molecule has 9 rings (SSSR count). The third-order valence-electron chi connectivity index (χ3n) is 10.2. The average molecular weight is 562 g/mol. The zero-order valence-corrected chi connectivity index (χ0v) is 24.9. The number of fused-ring (bicyclic) bond motifs is 1. The molecule has 0 saturated carbocycles. The van der Waals surface area contributed by atoms with Crippen molar-refractivity contribution in [2.24, 2.45) is 0 Å². The molecule has 1 heterocycles. The third-order valence-corrected chi connectivity index (χ3v) is 10.2. The third kappa shape index (κ3) is 3.33. The van der Waals surface area contributed by atoms with Crippen molar-refractivity contribution in [3.63, 3.8) is 0 Å². The van der Waals surface area contributed by atoms with Crippen molar-refractivity contribution in [2.45, 2.75) is 24.7 Å². The molecule has 6 aromatic carbocycles. The summed E-state index contributed by atoms with van der Waals surface area (Å²) < 4.78 is 0. The molecular weight excluding hydrogens is 530 g/mol. The van der Waals surface area contributed by atoms with Gasteiger partial charge in [0, 0.05) is 23.4 Å². The molecule has 0 unspecified atom stereocenters. The maximum Gasteiger partial charge on any atom is 0.0714 e. The van der Waals surface area contributed by atoms with E-state index in [-0.39, 0.29) is 5.41 Å². The highest BCUT2D eigenvalue weighted by atomic mass is 14.6. The van der Waals surface area contributed by atoms with Gasteiger partial charge in [-0.25, -0.2) is 0 Å². The minimum absolute atomic E-state index is 0.154. The number of aromatic nitrogens is 1. The van der Waals surface area contributed by atoms with Crippen molar-refractivity contribution >= 4 is 10.8 Å². The Morgan fingerprint density at radius 2 is 0.977 bits per heavy atom. The van der Waals surface area contributed by atoms with Crippen molar-refractivity contribution < 1.29 is 0 Å². The molecule has 2 aliphatic carbocycles. The van der Waals surface area contributed by atoms with Gasteiger partial charge in [0.15, 0.2) is 0 Å². The summed E-state index contributed by atoms with van der Waals surface area (Å²) in [5.41, 5.74) is 15.2. The molecular formula is C43H31N. The van der Waals surface area contributed by atoms with Crippen molar-refractivity contribution in [1.29, 1.82) is 0 Å². The van der Waals surface area contributed by atoms with E-state index in [1.165, 1.54) is 72.0 Å². The maximum absolute atomic E-state index is 4.50. The minimum atomic E-state index is -0.460. The normalized spacial score (nSPS) is 15.0. The Bertz CT molecular complexity index is 2190. The van der Waals surface area contributed by atoms with E-state index >= 15 is 0 Å². The van der Waals surface area contributed by atoms with Gasteiger partial charge in [0.05, 0.1) is 5.41 Å². The summed E-state index contributed by atoms with van der Waals surface area (Å²) in [4.78, 5) is 4.50. The van der Waals surface area contributed by atoms with Gasteiger partial charge in [-0.1, -0.05) is 117 Å². The van der Waals surface area contributed by atoms with Crippen LogP contribution < -0.4 is 0 Å². The molecule has 0 aliphatic heterocycles. The Morgan fingerprint density at radius 1 is 0.432 bits per heavy atom. The summed E-state index contributed by atoms with van der Waals surface area (Å²) in [7, 11) is 0. The molecule has 0 radical (unpaired) electrons. The number of rotatable bonds is 4. The van der Waals surface area contributed by atoms with Crippen LogP contribution in [-0.2, 0) is 10.8 Å². The van der Waals surface area contributed by atoms with E-state index in [0.717, 1.165) is 5.56 Å². The van der Waals surface area contributed by atoms with Crippen LogP contribution in [0, 0.1) is 0 Å². The summed E-state index contributed by atoms with van der Waals surface area (Å²) in [6.45, 7) is 4.81. The number of nitrogens with zero attached hydrogens (tertiary/aromatic N) is 1. The second kappa shape index (κ2) is 9.11. The Hall–Kier alpha value is -5.27. The lowest BCUT2D eigenvalue weighted by Crippen LogP contribution is -2.30. The lowest BCUT2D eigenvalue weighted by atomic mass is 9.65. The Kier molecular flexibility index (Phi) is 5.23. The Labute approximate surface area is 258 Å². The molecule has 1 aromatic heterocycles.